The zero-order valence-electron chi connectivity index (χ0n) is 17.2. The van der Waals surface area contributed by atoms with E-state index in [-0.39, 0.29) is 23.0 Å². The molecule has 2 aromatic carbocycles. The molecule has 0 aliphatic carbocycles. The number of aromatic amines is 1. The van der Waals surface area contributed by atoms with Crippen molar-refractivity contribution in [2.45, 2.75) is 18.9 Å². The van der Waals surface area contributed by atoms with Crippen molar-refractivity contribution in [3.05, 3.63) is 63.3 Å². The number of hydrogen-bond donors (Lipinski definition) is 4. The summed E-state index contributed by atoms with van der Waals surface area (Å²) in [5.41, 5.74) is 2.35. The van der Waals surface area contributed by atoms with Crippen molar-refractivity contribution in [3.63, 3.8) is 0 Å². The van der Waals surface area contributed by atoms with Gasteiger partial charge in [-0.15, -0.1) is 12.4 Å². The molecular formula is C22H29ClN2O4S2. The van der Waals surface area contributed by atoms with Gasteiger partial charge in [0, 0.05) is 17.9 Å². The van der Waals surface area contributed by atoms with Crippen LogP contribution < -0.4 is 10.2 Å². The molecule has 0 aliphatic rings. The number of thiazole rings is 1. The van der Waals surface area contributed by atoms with Gasteiger partial charge in [-0.1, -0.05) is 47.7 Å². The predicted octanol–water partition coefficient (Wildman–Crippen LogP) is 3.72. The average Bonchev–Trinajstić information content (AvgIpc) is 3.15. The van der Waals surface area contributed by atoms with Crippen LogP contribution >= 0.6 is 35.5 Å². The van der Waals surface area contributed by atoms with Crippen molar-refractivity contribution in [2.75, 3.05) is 37.8 Å². The molecule has 0 bridgehead atoms. The van der Waals surface area contributed by atoms with Crippen molar-refractivity contribution in [1.29, 1.82) is 0 Å². The molecule has 0 saturated heterocycles. The molecule has 1 atom stereocenters. The number of aliphatic hydroxyl groups excluding tert-OH is 1. The number of benzene rings is 2. The number of H-pyrrole nitrogens is 1. The molecule has 31 heavy (non-hydrogen) atoms. The highest BCUT2D eigenvalue weighted by atomic mass is 35.5. The quantitative estimate of drug-likeness (QED) is 0.276. The number of rotatable bonds is 13. The van der Waals surface area contributed by atoms with Gasteiger partial charge in [0.25, 0.3) is 0 Å². The lowest BCUT2D eigenvalue weighted by molar-refractivity contribution is 0.153. The van der Waals surface area contributed by atoms with Crippen molar-refractivity contribution < 1.29 is 14.9 Å². The van der Waals surface area contributed by atoms with Crippen molar-refractivity contribution >= 4 is 45.7 Å². The van der Waals surface area contributed by atoms with Crippen molar-refractivity contribution in [3.8, 4) is 5.75 Å². The highest BCUT2D eigenvalue weighted by molar-refractivity contribution is 7.99. The molecular weight excluding hydrogens is 456 g/mol. The largest absolute Gasteiger partial charge is 0.506 e. The summed E-state index contributed by atoms with van der Waals surface area (Å²) in [6.45, 7) is 2.73. The number of aromatic nitrogens is 1. The molecule has 0 aliphatic heterocycles. The van der Waals surface area contributed by atoms with Crippen LogP contribution in [0.1, 0.15) is 23.7 Å². The third kappa shape index (κ3) is 8.14. The number of thioether (sulfide) groups is 1. The first kappa shape index (κ1) is 25.7. The fourth-order valence-electron chi connectivity index (χ4n) is 3.11. The van der Waals surface area contributed by atoms with Gasteiger partial charge in [-0.25, -0.2) is 0 Å². The molecule has 9 heteroatoms. The van der Waals surface area contributed by atoms with E-state index in [2.05, 4.69) is 22.4 Å². The minimum atomic E-state index is -0.731. The van der Waals surface area contributed by atoms with E-state index in [9.17, 15) is 15.0 Å². The molecule has 0 radical (unpaired) electrons. The number of ether oxygens (including phenoxy) is 1. The lowest BCUT2D eigenvalue weighted by Gasteiger charge is -2.13. The predicted molar refractivity (Wildman–Crippen MR) is 132 cm³/mol. The number of fused-ring (bicyclic) bond motifs is 1. The molecule has 1 heterocycles. The van der Waals surface area contributed by atoms with Gasteiger partial charge in [0.2, 0.25) is 0 Å². The average molecular weight is 485 g/mol. The summed E-state index contributed by atoms with van der Waals surface area (Å²) in [5, 5.41) is 23.5. The zero-order valence-corrected chi connectivity index (χ0v) is 19.7. The Morgan fingerprint density at radius 2 is 1.94 bits per heavy atom. The Morgan fingerprint density at radius 1 is 1.13 bits per heavy atom. The summed E-state index contributed by atoms with van der Waals surface area (Å²) in [6.07, 6.45) is 1.22. The Balaban J connectivity index is 0.00000341. The van der Waals surface area contributed by atoms with E-state index in [1.165, 1.54) is 11.6 Å². The second-order valence-corrected chi connectivity index (χ2v) is 9.13. The second kappa shape index (κ2) is 13.8. The van der Waals surface area contributed by atoms with Crippen LogP contribution in [-0.4, -0.2) is 53.0 Å². The number of aliphatic hydroxyl groups is 1. The Hall–Kier alpha value is -1.55. The summed E-state index contributed by atoms with van der Waals surface area (Å²) in [6, 6.07) is 13.5. The summed E-state index contributed by atoms with van der Waals surface area (Å²) in [7, 11) is 0. The van der Waals surface area contributed by atoms with E-state index >= 15 is 0 Å². The third-order valence-electron chi connectivity index (χ3n) is 4.68. The number of nitrogens with one attached hydrogen (secondary N) is 2. The van der Waals surface area contributed by atoms with E-state index in [1.807, 2.05) is 30.0 Å². The van der Waals surface area contributed by atoms with Crippen LogP contribution in [0.5, 0.6) is 5.75 Å². The van der Waals surface area contributed by atoms with Gasteiger partial charge in [-0.05, 0) is 36.8 Å². The minimum Gasteiger partial charge on any atom is -0.506 e. The summed E-state index contributed by atoms with van der Waals surface area (Å²) >= 11 is 2.87. The van der Waals surface area contributed by atoms with E-state index in [0.717, 1.165) is 55.4 Å². The van der Waals surface area contributed by atoms with Crippen molar-refractivity contribution in [2.24, 2.45) is 0 Å². The van der Waals surface area contributed by atoms with Gasteiger partial charge in [0.15, 0.2) is 0 Å². The molecule has 0 amide bonds. The maximum atomic E-state index is 11.6. The molecule has 0 fully saturated rings. The first-order valence-corrected chi connectivity index (χ1v) is 12.0. The topological polar surface area (TPSA) is 94.6 Å². The Kier molecular flexibility index (Phi) is 11.4. The van der Waals surface area contributed by atoms with Crippen LogP contribution in [0.4, 0.5) is 0 Å². The second-order valence-electron chi connectivity index (χ2n) is 6.93. The lowest BCUT2D eigenvalue weighted by Crippen LogP contribution is -2.23. The number of aromatic hydroxyl groups is 1. The minimum absolute atomic E-state index is 0. The Labute approximate surface area is 196 Å². The Bertz CT molecular complexity index is 965. The van der Waals surface area contributed by atoms with Crippen LogP contribution in [0, 0.1) is 0 Å². The molecule has 4 N–H and O–H groups in total. The first-order chi connectivity index (χ1) is 14.6. The number of halogens is 1. The summed E-state index contributed by atoms with van der Waals surface area (Å²) < 4.78 is 6.29. The fourth-order valence-corrected chi connectivity index (χ4v) is 4.81. The van der Waals surface area contributed by atoms with E-state index in [1.54, 1.807) is 6.07 Å². The molecule has 3 aromatic rings. The van der Waals surface area contributed by atoms with Gasteiger partial charge in [0.1, 0.15) is 11.3 Å². The van der Waals surface area contributed by atoms with Gasteiger partial charge >= 0.3 is 4.87 Å². The van der Waals surface area contributed by atoms with Crippen LogP contribution in [0.3, 0.4) is 0 Å². The standard InChI is InChI=1S/C22H28N2O4S2.ClH/c25-18-8-7-17(21-20(18)24-22(27)30-21)19(26)15-23-10-4-13-29-14-12-28-11-9-16-5-2-1-3-6-16;/h1-3,5-8,19,23,25-26H,4,9-15H2,(H,24,27);1H/t19-;/m0./s1. The van der Waals surface area contributed by atoms with Gasteiger partial charge < -0.3 is 25.3 Å². The SMILES string of the molecule is Cl.O=c1[nH]c2c(O)ccc([C@@H](O)CNCCCSCCOCCc3ccccc3)c2s1. The zero-order chi connectivity index (χ0) is 21.2. The summed E-state index contributed by atoms with van der Waals surface area (Å²) in [5.74, 6) is 2.04. The van der Waals surface area contributed by atoms with Crippen LogP contribution in [0.2, 0.25) is 0 Å². The van der Waals surface area contributed by atoms with Gasteiger partial charge in [0.05, 0.1) is 24.0 Å². The van der Waals surface area contributed by atoms with E-state index in [4.69, 9.17) is 4.74 Å². The van der Waals surface area contributed by atoms with Gasteiger partial charge in [-0.3, -0.25) is 4.79 Å². The number of phenols is 1. The number of hydrogen-bond acceptors (Lipinski definition) is 7. The lowest BCUT2D eigenvalue weighted by atomic mass is 10.1. The Morgan fingerprint density at radius 3 is 2.74 bits per heavy atom. The molecule has 0 unspecified atom stereocenters. The number of phenolic OH excluding ortho intramolecular Hbond substituents is 1. The summed E-state index contributed by atoms with van der Waals surface area (Å²) in [4.78, 5) is 13.9. The molecule has 170 valence electrons. The highest BCUT2D eigenvalue weighted by Gasteiger charge is 2.15. The highest BCUT2D eigenvalue weighted by Crippen LogP contribution is 2.31. The molecule has 6 nitrogen and oxygen atoms in total. The molecule has 0 saturated carbocycles. The van der Waals surface area contributed by atoms with Crippen molar-refractivity contribution in [1.82, 2.24) is 10.3 Å². The van der Waals surface area contributed by atoms with Gasteiger partial charge in [-0.2, -0.15) is 11.8 Å². The van der Waals surface area contributed by atoms with Crippen LogP contribution in [-0.2, 0) is 11.2 Å². The monoisotopic (exact) mass is 484 g/mol. The maximum Gasteiger partial charge on any atom is 0.305 e. The third-order valence-corrected chi connectivity index (χ3v) is 6.64. The fraction of sp³-hybridized carbons (Fsp3) is 0.409. The first-order valence-electron chi connectivity index (χ1n) is 10.1. The van der Waals surface area contributed by atoms with Crippen LogP contribution in [0.15, 0.2) is 47.3 Å². The van der Waals surface area contributed by atoms with E-state index in [0.29, 0.717) is 22.3 Å². The molecule has 0 spiro atoms. The molecule has 1 aromatic heterocycles. The van der Waals surface area contributed by atoms with E-state index < -0.39 is 6.10 Å². The maximum absolute atomic E-state index is 11.6. The van der Waals surface area contributed by atoms with Crippen LogP contribution in [0.25, 0.3) is 10.2 Å². The normalized spacial score (nSPS) is 12.0. The smallest absolute Gasteiger partial charge is 0.305 e. The molecule has 3 rings (SSSR count).